The number of carbonyl (C=O) groups excluding carboxylic acids is 1. The molecule has 1 amide bonds. The minimum atomic E-state index is -0.0777. The summed E-state index contributed by atoms with van der Waals surface area (Å²) < 4.78 is 5.34. The van der Waals surface area contributed by atoms with Crippen LogP contribution in [0.1, 0.15) is 34.1 Å². The Balaban J connectivity index is 2.92. The maximum atomic E-state index is 11.1. The van der Waals surface area contributed by atoms with Crippen LogP contribution in [0.5, 0.6) is 5.75 Å². The van der Waals surface area contributed by atoms with Crippen LogP contribution in [0.4, 0.5) is 11.4 Å². The van der Waals surface area contributed by atoms with E-state index in [-0.39, 0.29) is 5.91 Å². The summed E-state index contributed by atoms with van der Waals surface area (Å²) in [7, 11) is 1.65. The molecule has 106 valence electrons. The summed E-state index contributed by atoms with van der Waals surface area (Å²) in [5.41, 5.74) is 1.67. The highest BCUT2D eigenvalue weighted by Crippen LogP contribution is 2.29. The molecular formula is C15H24N2O2. The predicted octanol–water partition coefficient (Wildman–Crippen LogP) is 3.50. The van der Waals surface area contributed by atoms with E-state index in [1.165, 1.54) is 6.92 Å². The Morgan fingerprint density at radius 1 is 1.37 bits per heavy atom. The zero-order valence-corrected chi connectivity index (χ0v) is 12.4. The lowest BCUT2D eigenvalue weighted by Crippen LogP contribution is -2.23. The van der Waals surface area contributed by atoms with E-state index in [0.29, 0.717) is 12.0 Å². The van der Waals surface area contributed by atoms with Crippen LogP contribution in [0.2, 0.25) is 0 Å². The monoisotopic (exact) mass is 264 g/mol. The minimum Gasteiger partial charge on any atom is -0.495 e. The Labute approximate surface area is 115 Å². The molecule has 0 radical (unpaired) electrons. The largest absolute Gasteiger partial charge is 0.495 e. The zero-order chi connectivity index (χ0) is 14.4. The zero-order valence-electron chi connectivity index (χ0n) is 12.4. The molecule has 0 heterocycles. The molecule has 0 aliphatic heterocycles. The van der Waals surface area contributed by atoms with Crippen molar-refractivity contribution >= 4 is 17.3 Å². The molecule has 0 saturated carbocycles. The first-order valence-corrected chi connectivity index (χ1v) is 6.70. The lowest BCUT2D eigenvalue weighted by Gasteiger charge is -2.23. The number of ether oxygens (including phenoxy) is 1. The number of anilines is 2. The van der Waals surface area contributed by atoms with Crippen molar-refractivity contribution < 1.29 is 9.53 Å². The fraction of sp³-hybridized carbons (Fsp3) is 0.533. The average Bonchev–Trinajstić information content (AvgIpc) is 2.37. The van der Waals surface area contributed by atoms with E-state index < -0.39 is 0 Å². The normalized spacial score (nSPS) is 13.5. The van der Waals surface area contributed by atoms with E-state index in [9.17, 15) is 4.79 Å². The van der Waals surface area contributed by atoms with E-state index in [1.807, 2.05) is 18.2 Å². The number of rotatable bonds is 6. The maximum Gasteiger partial charge on any atom is 0.221 e. The van der Waals surface area contributed by atoms with E-state index in [4.69, 9.17) is 4.74 Å². The van der Waals surface area contributed by atoms with Gasteiger partial charge in [0.2, 0.25) is 5.91 Å². The summed E-state index contributed by atoms with van der Waals surface area (Å²) >= 11 is 0. The summed E-state index contributed by atoms with van der Waals surface area (Å²) in [5, 5.41) is 6.23. The fourth-order valence-electron chi connectivity index (χ4n) is 1.84. The molecule has 19 heavy (non-hydrogen) atoms. The van der Waals surface area contributed by atoms with Crippen LogP contribution >= 0.6 is 0 Å². The van der Waals surface area contributed by atoms with Gasteiger partial charge in [-0.2, -0.15) is 0 Å². The van der Waals surface area contributed by atoms with Gasteiger partial charge in [-0.3, -0.25) is 4.79 Å². The molecular weight excluding hydrogens is 240 g/mol. The minimum absolute atomic E-state index is 0.0777. The van der Waals surface area contributed by atoms with E-state index in [2.05, 4.69) is 31.4 Å². The summed E-state index contributed by atoms with van der Waals surface area (Å²) in [6.45, 7) is 8.04. The van der Waals surface area contributed by atoms with Gasteiger partial charge in [0.1, 0.15) is 5.75 Å². The van der Waals surface area contributed by atoms with Crippen LogP contribution in [0, 0.1) is 5.92 Å². The first-order chi connectivity index (χ1) is 8.97. The lowest BCUT2D eigenvalue weighted by molar-refractivity contribution is -0.114. The van der Waals surface area contributed by atoms with Crippen molar-refractivity contribution in [1.29, 1.82) is 0 Å². The third kappa shape index (κ3) is 4.47. The van der Waals surface area contributed by atoms with Crippen molar-refractivity contribution in [3.8, 4) is 5.75 Å². The molecule has 1 aromatic carbocycles. The average molecular weight is 264 g/mol. The van der Waals surface area contributed by atoms with Crippen molar-refractivity contribution in [2.45, 2.75) is 40.2 Å². The molecule has 2 atom stereocenters. The van der Waals surface area contributed by atoms with Crippen LogP contribution in [0.15, 0.2) is 18.2 Å². The quantitative estimate of drug-likeness (QED) is 0.826. The summed E-state index contributed by atoms with van der Waals surface area (Å²) in [6.07, 6.45) is 1.11. The van der Waals surface area contributed by atoms with Gasteiger partial charge in [0.25, 0.3) is 0 Å². The molecule has 0 aliphatic carbocycles. The highest BCUT2D eigenvalue weighted by atomic mass is 16.5. The van der Waals surface area contributed by atoms with Gasteiger partial charge >= 0.3 is 0 Å². The second-order valence-corrected chi connectivity index (χ2v) is 4.91. The van der Waals surface area contributed by atoms with Crippen LogP contribution in [0.3, 0.4) is 0 Å². The van der Waals surface area contributed by atoms with E-state index in [1.54, 1.807) is 7.11 Å². The van der Waals surface area contributed by atoms with Gasteiger partial charge in [0, 0.05) is 18.7 Å². The number of benzene rings is 1. The second-order valence-electron chi connectivity index (χ2n) is 4.91. The third-order valence-electron chi connectivity index (χ3n) is 3.40. The SMILES string of the molecule is CCC(C)C(C)Nc1cc(NC(C)=O)ccc1OC. The van der Waals surface area contributed by atoms with Crippen molar-refractivity contribution in [2.24, 2.45) is 5.92 Å². The third-order valence-corrected chi connectivity index (χ3v) is 3.40. The fourth-order valence-corrected chi connectivity index (χ4v) is 1.84. The molecule has 0 saturated heterocycles. The van der Waals surface area contributed by atoms with E-state index >= 15 is 0 Å². The molecule has 2 N–H and O–H groups in total. The number of hydrogen-bond acceptors (Lipinski definition) is 3. The van der Waals surface area contributed by atoms with Gasteiger partial charge in [-0.1, -0.05) is 20.3 Å². The number of carbonyl (C=O) groups is 1. The van der Waals surface area contributed by atoms with Crippen molar-refractivity contribution in [3.63, 3.8) is 0 Å². The van der Waals surface area contributed by atoms with Crippen LogP contribution < -0.4 is 15.4 Å². The molecule has 0 bridgehead atoms. The Bertz CT molecular complexity index is 432. The van der Waals surface area contributed by atoms with E-state index in [0.717, 1.165) is 23.5 Å². The van der Waals surface area contributed by atoms with Crippen LogP contribution in [-0.4, -0.2) is 19.1 Å². The standard InChI is InChI=1S/C15H24N2O2/c1-6-10(2)11(3)16-14-9-13(17-12(4)18)7-8-15(14)19-5/h7-11,16H,6H2,1-5H3,(H,17,18). The van der Waals surface area contributed by atoms with Crippen LogP contribution in [-0.2, 0) is 4.79 Å². The van der Waals surface area contributed by atoms with Gasteiger partial charge < -0.3 is 15.4 Å². The predicted molar refractivity (Wildman–Crippen MR) is 79.8 cm³/mol. The molecule has 1 aromatic rings. The van der Waals surface area contributed by atoms with Gasteiger partial charge in [-0.15, -0.1) is 0 Å². The van der Waals surface area contributed by atoms with Crippen LogP contribution in [0.25, 0.3) is 0 Å². The van der Waals surface area contributed by atoms with Gasteiger partial charge in [-0.05, 0) is 31.0 Å². The molecule has 4 nitrogen and oxygen atoms in total. The second kappa shape index (κ2) is 7.02. The maximum absolute atomic E-state index is 11.1. The molecule has 1 rings (SSSR count). The van der Waals surface area contributed by atoms with Gasteiger partial charge in [0.05, 0.1) is 12.8 Å². The Hall–Kier alpha value is -1.71. The molecule has 0 aromatic heterocycles. The smallest absolute Gasteiger partial charge is 0.221 e. The Kier molecular flexibility index (Phi) is 5.67. The van der Waals surface area contributed by atoms with Crippen molar-refractivity contribution in [1.82, 2.24) is 0 Å². The molecule has 2 unspecified atom stereocenters. The lowest BCUT2D eigenvalue weighted by atomic mass is 10.0. The molecule has 0 fully saturated rings. The Morgan fingerprint density at radius 2 is 2.05 bits per heavy atom. The number of hydrogen-bond donors (Lipinski definition) is 2. The van der Waals surface area contributed by atoms with Crippen molar-refractivity contribution in [3.05, 3.63) is 18.2 Å². The summed E-state index contributed by atoms with van der Waals surface area (Å²) in [6, 6.07) is 5.93. The highest BCUT2D eigenvalue weighted by molar-refractivity contribution is 5.89. The van der Waals surface area contributed by atoms with Gasteiger partial charge in [-0.25, -0.2) is 0 Å². The van der Waals surface area contributed by atoms with Gasteiger partial charge in [0.15, 0.2) is 0 Å². The highest BCUT2D eigenvalue weighted by Gasteiger charge is 2.13. The first-order valence-electron chi connectivity index (χ1n) is 6.70. The summed E-state index contributed by atoms with van der Waals surface area (Å²) in [4.78, 5) is 11.1. The first kappa shape index (κ1) is 15.3. The number of nitrogens with one attached hydrogen (secondary N) is 2. The number of amides is 1. The van der Waals surface area contributed by atoms with Crippen molar-refractivity contribution in [2.75, 3.05) is 17.7 Å². The molecule has 4 heteroatoms. The summed E-state index contributed by atoms with van der Waals surface area (Å²) in [5.74, 6) is 1.27. The topological polar surface area (TPSA) is 50.4 Å². The molecule has 0 aliphatic rings. The number of methoxy groups -OCH3 is 1. The Morgan fingerprint density at radius 3 is 2.58 bits per heavy atom. The molecule has 0 spiro atoms.